The van der Waals surface area contributed by atoms with E-state index in [1.54, 1.807) is 22.9 Å². The molecule has 0 aliphatic carbocycles. The average molecular weight is 456 g/mol. The van der Waals surface area contributed by atoms with Crippen molar-refractivity contribution < 1.29 is 8.42 Å². The molecule has 0 radical (unpaired) electrons. The summed E-state index contributed by atoms with van der Waals surface area (Å²) in [6, 6.07) is 15.9. The summed E-state index contributed by atoms with van der Waals surface area (Å²) in [5.74, 6) is 0.645. The highest BCUT2D eigenvalue weighted by molar-refractivity contribution is 7.89. The predicted octanol–water partition coefficient (Wildman–Crippen LogP) is 2.37. The number of piperazine rings is 1. The Bertz CT molecular complexity index is 1340. The fourth-order valence-electron chi connectivity index (χ4n) is 3.63. The smallest absolute Gasteiger partial charge is 0.243 e. The Morgan fingerprint density at radius 3 is 2.42 bits per heavy atom. The van der Waals surface area contributed by atoms with Gasteiger partial charge in [0.25, 0.3) is 0 Å². The fourth-order valence-corrected chi connectivity index (χ4v) is 5.35. The maximum atomic E-state index is 13.0. The molecule has 2 aromatic carbocycles. The summed E-state index contributed by atoms with van der Waals surface area (Å²) in [5, 5.41) is 8.93. The number of hydrogen-bond donors (Lipinski definition) is 0. The second-order valence-corrected chi connectivity index (χ2v) is 9.43. The van der Waals surface area contributed by atoms with E-state index in [2.05, 4.69) is 20.3 Å². The third kappa shape index (κ3) is 3.62. The van der Waals surface area contributed by atoms with Crippen LogP contribution in [-0.2, 0) is 10.0 Å². The molecule has 1 fully saturated rings. The van der Waals surface area contributed by atoms with Crippen molar-refractivity contribution in [3.05, 3.63) is 65.9 Å². The summed E-state index contributed by atoms with van der Waals surface area (Å²) in [6.45, 7) is 1.61. The molecule has 1 saturated heterocycles. The van der Waals surface area contributed by atoms with E-state index in [0.29, 0.717) is 48.2 Å². The highest BCUT2D eigenvalue weighted by Gasteiger charge is 2.30. The van der Waals surface area contributed by atoms with E-state index in [1.165, 1.54) is 16.7 Å². The molecule has 9 nitrogen and oxygen atoms in total. The van der Waals surface area contributed by atoms with Crippen molar-refractivity contribution in [3.63, 3.8) is 0 Å². The highest BCUT2D eigenvalue weighted by Crippen LogP contribution is 2.26. The number of nitrogens with zero attached hydrogens (tertiary/aromatic N) is 7. The molecule has 0 atom stereocenters. The number of hydrogen-bond acceptors (Lipinski definition) is 7. The van der Waals surface area contributed by atoms with Gasteiger partial charge in [0.1, 0.15) is 6.33 Å². The Hall–Kier alpha value is -3.08. The number of aromatic nitrogens is 5. The molecule has 158 valence electrons. The number of anilines is 1. The monoisotopic (exact) mass is 455 g/mol. The summed E-state index contributed by atoms with van der Waals surface area (Å²) >= 11 is 5.97. The van der Waals surface area contributed by atoms with E-state index >= 15 is 0 Å². The van der Waals surface area contributed by atoms with Crippen molar-refractivity contribution in [1.29, 1.82) is 0 Å². The number of halogens is 1. The number of sulfonamides is 1. The van der Waals surface area contributed by atoms with E-state index in [-0.39, 0.29) is 4.90 Å². The molecule has 0 spiro atoms. The van der Waals surface area contributed by atoms with E-state index in [4.69, 9.17) is 11.6 Å². The van der Waals surface area contributed by atoms with Gasteiger partial charge in [-0.3, -0.25) is 0 Å². The quantitative estimate of drug-likeness (QED) is 0.466. The van der Waals surface area contributed by atoms with Gasteiger partial charge in [0.15, 0.2) is 17.0 Å². The van der Waals surface area contributed by atoms with E-state index in [9.17, 15) is 8.42 Å². The highest BCUT2D eigenvalue weighted by atomic mass is 35.5. The molecule has 0 N–H and O–H groups in total. The molecule has 0 unspecified atom stereocenters. The molecule has 1 aliphatic rings. The van der Waals surface area contributed by atoms with Gasteiger partial charge in [-0.1, -0.05) is 41.1 Å². The molecular formula is C20H18ClN7O2S. The van der Waals surface area contributed by atoms with Gasteiger partial charge in [0.2, 0.25) is 10.0 Å². The molecular weight excluding hydrogens is 438 g/mol. The Labute approximate surface area is 183 Å². The van der Waals surface area contributed by atoms with Crippen molar-refractivity contribution in [2.45, 2.75) is 4.90 Å². The molecule has 2 aromatic heterocycles. The summed E-state index contributed by atoms with van der Waals surface area (Å²) < 4.78 is 29.0. The molecule has 3 heterocycles. The minimum absolute atomic E-state index is 0.198. The van der Waals surface area contributed by atoms with Crippen LogP contribution < -0.4 is 4.90 Å². The zero-order valence-electron chi connectivity index (χ0n) is 16.3. The standard InChI is InChI=1S/C20H18ClN7O2S/c21-15-5-4-8-17(13-15)31(29,30)27-11-9-26(10-12-27)19-18-20(23-14-22-19)28(25-24-18)16-6-2-1-3-7-16/h1-8,13-14H,9-12H2. The first-order valence-electron chi connectivity index (χ1n) is 9.66. The van der Waals surface area contributed by atoms with Crippen LogP contribution in [0.1, 0.15) is 0 Å². The first kappa shape index (κ1) is 19.9. The molecule has 0 saturated carbocycles. The lowest BCUT2D eigenvalue weighted by Crippen LogP contribution is -2.49. The zero-order chi connectivity index (χ0) is 21.4. The van der Waals surface area contributed by atoms with Gasteiger partial charge in [-0.15, -0.1) is 5.10 Å². The van der Waals surface area contributed by atoms with E-state index in [1.807, 2.05) is 35.2 Å². The van der Waals surface area contributed by atoms with Crippen LogP contribution >= 0.6 is 11.6 Å². The third-order valence-corrected chi connectivity index (χ3v) is 7.32. The van der Waals surface area contributed by atoms with Crippen LogP contribution in [0.5, 0.6) is 0 Å². The number of para-hydroxylation sites is 1. The SMILES string of the molecule is O=S(=O)(c1cccc(Cl)c1)N1CCN(c2ncnc3c2nnn3-c2ccccc2)CC1. The van der Waals surface area contributed by atoms with Gasteiger partial charge in [-0.2, -0.15) is 8.99 Å². The minimum atomic E-state index is -3.61. The lowest BCUT2D eigenvalue weighted by atomic mass is 10.3. The normalized spacial score (nSPS) is 15.5. The second kappa shape index (κ2) is 7.88. The minimum Gasteiger partial charge on any atom is -0.352 e. The molecule has 0 bridgehead atoms. The van der Waals surface area contributed by atoms with Gasteiger partial charge in [0.05, 0.1) is 10.6 Å². The molecule has 0 amide bonds. The van der Waals surface area contributed by atoms with Crippen LogP contribution in [0.2, 0.25) is 5.02 Å². The molecule has 11 heteroatoms. The van der Waals surface area contributed by atoms with Crippen LogP contribution in [0.15, 0.2) is 65.8 Å². The fraction of sp³-hybridized carbons (Fsp3) is 0.200. The van der Waals surface area contributed by atoms with Crippen LogP contribution in [-0.4, -0.2) is 63.9 Å². The third-order valence-electron chi connectivity index (χ3n) is 5.19. The van der Waals surface area contributed by atoms with Gasteiger partial charge in [-0.05, 0) is 30.3 Å². The zero-order valence-corrected chi connectivity index (χ0v) is 17.9. The van der Waals surface area contributed by atoms with Crippen LogP contribution in [0.3, 0.4) is 0 Å². The lowest BCUT2D eigenvalue weighted by Gasteiger charge is -2.34. The number of rotatable bonds is 4. The van der Waals surface area contributed by atoms with E-state index < -0.39 is 10.0 Å². The van der Waals surface area contributed by atoms with Gasteiger partial charge >= 0.3 is 0 Å². The van der Waals surface area contributed by atoms with Crippen LogP contribution in [0.4, 0.5) is 5.82 Å². The first-order valence-corrected chi connectivity index (χ1v) is 11.5. The molecule has 1 aliphatic heterocycles. The maximum absolute atomic E-state index is 13.0. The van der Waals surface area contributed by atoms with Crippen LogP contribution in [0, 0.1) is 0 Å². The van der Waals surface area contributed by atoms with Crippen LogP contribution in [0.25, 0.3) is 16.9 Å². The number of fused-ring (bicyclic) bond motifs is 1. The Morgan fingerprint density at radius 1 is 0.903 bits per heavy atom. The Morgan fingerprint density at radius 2 is 1.68 bits per heavy atom. The van der Waals surface area contributed by atoms with Gasteiger partial charge in [0, 0.05) is 31.2 Å². The summed E-state index contributed by atoms with van der Waals surface area (Å²) in [6.07, 6.45) is 1.48. The van der Waals surface area contributed by atoms with Crippen molar-refractivity contribution in [1.82, 2.24) is 29.3 Å². The van der Waals surface area contributed by atoms with E-state index in [0.717, 1.165) is 5.69 Å². The predicted molar refractivity (Wildman–Crippen MR) is 117 cm³/mol. The summed E-state index contributed by atoms with van der Waals surface area (Å²) in [4.78, 5) is 11.0. The maximum Gasteiger partial charge on any atom is 0.243 e. The first-order chi connectivity index (χ1) is 15.0. The average Bonchev–Trinajstić information content (AvgIpc) is 3.24. The lowest BCUT2D eigenvalue weighted by molar-refractivity contribution is 0.384. The van der Waals surface area contributed by atoms with Gasteiger partial charge in [-0.25, -0.2) is 18.4 Å². The van der Waals surface area contributed by atoms with Crippen molar-refractivity contribution in [3.8, 4) is 5.69 Å². The number of benzene rings is 2. The largest absolute Gasteiger partial charge is 0.352 e. The second-order valence-electron chi connectivity index (χ2n) is 7.05. The van der Waals surface area contributed by atoms with Crippen molar-refractivity contribution in [2.24, 2.45) is 0 Å². The summed E-state index contributed by atoms with van der Waals surface area (Å²) in [7, 11) is -3.61. The molecule has 4 aromatic rings. The molecule has 5 rings (SSSR count). The Balaban J connectivity index is 1.39. The Kier molecular flexibility index (Phi) is 5.05. The van der Waals surface area contributed by atoms with Crippen molar-refractivity contribution >= 4 is 38.6 Å². The summed E-state index contributed by atoms with van der Waals surface area (Å²) in [5.41, 5.74) is 2.04. The van der Waals surface area contributed by atoms with Gasteiger partial charge < -0.3 is 4.90 Å². The van der Waals surface area contributed by atoms with Crippen molar-refractivity contribution in [2.75, 3.05) is 31.1 Å². The topological polar surface area (TPSA) is 97.1 Å². The molecule has 31 heavy (non-hydrogen) atoms.